The van der Waals surface area contributed by atoms with E-state index in [1.807, 2.05) is 24.3 Å². The minimum Gasteiger partial charge on any atom is -0.476 e. The SMILES string of the molecule is N#Cc1ccc(CN2CCCC(COc3ncccc3Cl)C2)cc1. The van der Waals surface area contributed by atoms with Crippen LogP contribution in [0.2, 0.25) is 5.02 Å². The van der Waals surface area contributed by atoms with Crippen LogP contribution in [0.4, 0.5) is 0 Å². The second-order valence-corrected chi connectivity index (χ2v) is 6.56. The van der Waals surface area contributed by atoms with E-state index in [1.165, 1.54) is 12.0 Å². The summed E-state index contributed by atoms with van der Waals surface area (Å²) in [5.74, 6) is 0.999. The molecule has 0 aliphatic carbocycles. The van der Waals surface area contributed by atoms with Crippen molar-refractivity contribution >= 4 is 11.6 Å². The Bertz CT molecular complexity index is 711. The lowest BCUT2D eigenvalue weighted by atomic mass is 9.98. The van der Waals surface area contributed by atoms with Crippen LogP contribution < -0.4 is 4.74 Å². The number of nitrogens with zero attached hydrogens (tertiary/aromatic N) is 3. The van der Waals surface area contributed by atoms with Crippen LogP contribution in [0.5, 0.6) is 5.88 Å². The lowest BCUT2D eigenvalue weighted by molar-refractivity contribution is 0.123. The highest BCUT2D eigenvalue weighted by Gasteiger charge is 2.21. The fourth-order valence-corrected chi connectivity index (χ4v) is 3.22. The molecule has 1 saturated heterocycles. The highest BCUT2D eigenvalue weighted by atomic mass is 35.5. The van der Waals surface area contributed by atoms with Crippen molar-refractivity contribution in [3.8, 4) is 11.9 Å². The first kappa shape index (κ1) is 16.8. The monoisotopic (exact) mass is 341 g/mol. The third-order valence-corrected chi connectivity index (χ3v) is 4.56. The van der Waals surface area contributed by atoms with Crippen LogP contribution in [-0.4, -0.2) is 29.6 Å². The summed E-state index contributed by atoms with van der Waals surface area (Å²) in [5.41, 5.74) is 1.94. The van der Waals surface area contributed by atoms with Gasteiger partial charge in [0.05, 0.1) is 18.2 Å². The largest absolute Gasteiger partial charge is 0.476 e. The van der Waals surface area contributed by atoms with Crippen molar-refractivity contribution in [2.45, 2.75) is 19.4 Å². The van der Waals surface area contributed by atoms with Gasteiger partial charge in [0.15, 0.2) is 0 Å². The van der Waals surface area contributed by atoms with Crippen LogP contribution in [0.25, 0.3) is 0 Å². The number of hydrogen-bond donors (Lipinski definition) is 0. The Balaban J connectivity index is 1.52. The Labute approximate surface area is 147 Å². The van der Waals surface area contributed by atoms with Crippen LogP contribution in [0.3, 0.4) is 0 Å². The number of rotatable bonds is 5. The van der Waals surface area contributed by atoms with Crippen LogP contribution >= 0.6 is 11.6 Å². The molecule has 0 saturated carbocycles. The molecule has 1 aromatic heterocycles. The van der Waals surface area contributed by atoms with E-state index in [9.17, 15) is 0 Å². The van der Waals surface area contributed by atoms with Gasteiger partial charge in [-0.3, -0.25) is 4.90 Å². The molecule has 1 fully saturated rings. The van der Waals surface area contributed by atoms with Gasteiger partial charge in [-0.2, -0.15) is 5.26 Å². The summed E-state index contributed by atoms with van der Waals surface area (Å²) < 4.78 is 5.80. The Kier molecular flexibility index (Phi) is 5.68. The Morgan fingerprint density at radius 3 is 2.88 bits per heavy atom. The molecule has 24 heavy (non-hydrogen) atoms. The van der Waals surface area contributed by atoms with Crippen molar-refractivity contribution in [1.29, 1.82) is 5.26 Å². The molecule has 1 aromatic carbocycles. The maximum absolute atomic E-state index is 8.87. The summed E-state index contributed by atoms with van der Waals surface area (Å²) in [5, 5.41) is 9.43. The van der Waals surface area contributed by atoms with Gasteiger partial charge in [-0.15, -0.1) is 0 Å². The number of nitriles is 1. The standard InChI is InChI=1S/C19H20ClN3O/c20-18-4-1-9-22-19(18)24-14-17-3-2-10-23(13-17)12-16-7-5-15(11-21)6-8-16/h1,4-9,17H,2-3,10,12-14H2. The number of benzene rings is 1. The zero-order chi connectivity index (χ0) is 16.8. The summed E-state index contributed by atoms with van der Waals surface area (Å²) >= 11 is 6.08. The summed E-state index contributed by atoms with van der Waals surface area (Å²) in [4.78, 5) is 6.62. The summed E-state index contributed by atoms with van der Waals surface area (Å²) in [6, 6.07) is 13.6. The number of hydrogen-bond acceptors (Lipinski definition) is 4. The van der Waals surface area contributed by atoms with Gasteiger partial charge < -0.3 is 4.74 Å². The van der Waals surface area contributed by atoms with E-state index in [1.54, 1.807) is 18.3 Å². The van der Waals surface area contributed by atoms with Crippen molar-refractivity contribution < 1.29 is 4.74 Å². The van der Waals surface area contributed by atoms with E-state index in [-0.39, 0.29) is 0 Å². The molecule has 0 amide bonds. The number of halogens is 1. The minimum absolute atomic E-state index is 0.482. The van der Waals surface area contributed by atoms with Gasteiger partial charge in [0.1, 0.15) is 5.02 Å². The zero-order valence-electron chi connectivity index (χ0n) is 13.5. The number of aromatic nitrogens is 1. The van der Waals surface area contributed by atoms with Gasteiger partial charge in [0.25, 0.3) is 0 Å². The maximum atomic E-state index is 8.87. The second kappa shape index (κ2) is 8.14. The minimum atomic E-state index is 0.482. The van der Waals surface area contributed by atoms with Gasteiger partial charge >= 0.3 is 0 Å². The van der Waals surface area contributed by atoms with E-state index in [0.29, 0.717) is 29.0 Å². The molecule has 2 aromatic rings. The van der Waals surface area contributed by atoms with Crippen molar-refractivity contribution in [3.63, 3.8) is 0 Å². The molecule has 1 unspecified atom stereocenters. The topological polar surface area (TPSA) is 49.2 Å². The van der Waals surface area contributed by atoms with E-state index < -0.39 is 0 Å². The lowest BCUT2D eigenvalue weighted by Gasteiger charge is -2.32. The Morgan fingerprint density at radius 2 is 2.12 bits per heavy atom. The normalized spacial score (nSPS) is 18.1. The lowest BCUT2D eigenvalue weighted by Crippen LogP contribution is -2.37. The number of piperidine rings is 1. The summed E-state index contributed by atoms with van der Waals surface area (Å²) in [6.45, 7) is 3.65. The van der Waals surface area contributed by atoms with Crippen LogP contribution in [0.1, 0.15) is 24.0 Å². The molecule has 1 atom stereocenters. The number of likely N-dealkylation sites (tertiary alicyclic amines) is 1. The maximum Gasteiger partial charge on any atom is 0.232 e. The fourth-order valence-electron chi connectivity index (χ4n) is 3.05. The highest BCUT2D eigenvalue weighted by molar-refractivity contribution is 6.31. The second-order valence-electron chi connectivity index (χ2n) is 6.15. The molecular formula is C19H20ClN3O. The van der Waals surface area contributed by atoms with Crippen molar-refractivity contribution in [1.82, 2.24) is 9.88 Å². The van der Waals surface area contributed by atoms with E-state index >= 15 is 0 Å². The molecule has 0 bridgehead atoms. The predicted octanol–water partition coefficient (Wildman–Crippen LogP) is 3.90. The first-order chi connectivity index (χ1) is 11.7. The fraction of sp³-hybridized carbons (Fsp3) is 0.368. The molecule has 2 heterocycles. The third-order valence-electron chi connectivity index (χ3n) is 4.27. The van der Waals surface area contributed by atoms with Crippen molar-refractivity contribution in [2.24, 2.45) is 5.92 Å². The smallest absolute Gasteiger partial charge is 0.232 e. The molecule has 124 valence electrons. The summed E-state index contributed by atoms with van der Waals surface area (Å²) in [6.07, 6.45) is 4.02. The molecule has 5 heteroatoms. The van der Waals surface area contributed by atoms with Gasteiger partial charge in [-0.1, -0.05) is 23.7 Å². The highest BCUT2D eigenvalue weighted by Crippen LogP contribution is 2.23. The van der Waals surface area contributed by atoms with Gasteiger partial charge in [0, 0.05) is 25.2 Å². The van der Waals surface area contributed by atoms with Gasteiger partial charge in [-0.05, 0) is 49.2 Å². The van der Waals surface area contributed by atoms with Gasteiger partial charge in [0.2, 0.25) is 5.88 Å². The van der Waals surface area contributed by atoms with Crippen LogP contribution in [0.15, 0.2) is 42.6 Å². The van der Waals surface area contributed by atoms with E-state index in [2.05, 4.69) is 16.0 Å². The first-order valence-electron chi connectivity index (χ1n) is 8.19. The molecule has 1 aliphatic heterocycles. The summed E-state index contributed by atoms with van der Waals surface area (Å²) in [7, 11) is 0. The number of ether oxygens (including phenoxy) is 1. The molecule has 0 spiro atoms. The quantitative estimate of drug-likeness (QED) is 0.827. The molecule has 3 rings (SSSR count). The first-order valence-corrected chi connectivity index (χ1v) is 8.57. The molecule has 0 N–H and O–H groups in total. The molecule has 1 aliphatic rings. The zero-order valence-corrected chi connectivity index (χ0v) is 14.2. The van der Waals surface area contributed by atoms with Crippen LogP contribution in [0, 0.1) is 17.2 Å². The van der Waals surface area contributed by atoms with Crippen molar-refractivity contribution in [3.05, 3.63) is 58.7 Å². The molecule has 0 radical (unpaired) electrons. The average molecular weight is 342 g/mol. The van der Waals surface area contributed by atoms with Crippen LogP contribution in [-0.2, 0) is 6.54 Å². The van der Waals surface area contributed by atoms with E-state index in [4.69, 9.17) is 21.6 Å². The number of pyridine rings is 1. The predicted molar refractivity (Wildman–Crippen MR) is 93.9 cm³/mol. The Hall–Kier alpha value is -2.09. The van der Waals surface area contributed by atoms with E-state index in [0.717, 1.165) is 26.1 Å². The molecular weight excluding hydrogens is 322 g/mol. The Morgan fingerprint density at radius 1 is 1.29 bits per heavy atom. The van der Waals surface area contributed by atoms with Gasteiger partial charge in [-0.25, -0.2) is 4.98 Å². The third kappa shape index (κ3) is 4.47. The van der Waals surface area contributed by atoms with Crippen molar-refractivity contribution in [2.75, 3.05) is 19.7 Å². The average Bonchev–Trinajstić information content (AvgIpc) is 2.62. The molecule has 4 nitrogen and oxygen atoms in total.